The van der Waals surface area contributed by atoms with Gasteiger partial charge in [0, 0.05) is 15.6 Å². The fourth-order valence-corrected chi connectivity index (χ4v) is 1.72. The van der Waals surface area contributed by atoms with Gasteiger partial charge in [0.05, 0.1) is 0 Å². The van der Waals surface area contributed by atoms with E-state index in [-0.39, 0.29) is 5.54 Å². The SMILES string of the molecule is C[C@H](OC(=O)NC(C)(C)C)c1ccc(Br)cc1F. The summed E-state index contributed by atoms with van der Waals surface area (Å²) in [6, 6.07) is 4.64. The predicted molar refractivity (Wildman–Crippen MR) is 71.9 cm³/mol. The molecule has 0 spiro atoms. The van der Waals surface area contributed by atoms with Crippen molar-refractivity contribution in [1.82, 2.24) is 5.32 Å². The van der Waals surface area contributed by atoms with E-state index in [9.17, 15) is 9.18 Å². The second-order valence-corrected chi connectivity index (χ2v) is 6.00. The Morgan fingerprint density at radius 3 is 2.56 bits per heavy atom. The first-order valence-electron chi connectivity index (χ1n) is 5.63. The lowest BCUT2D eigenvalue weighted by Crippen LogP contribution is -2.41. The number of halogens is 2. The van der Waals surface area contributed by atoms with Gasteiger partial charge >= 0.3 is 6.09 Å². The fourth-order valence-electron chi connectivity index (χ4n) is 1.39. The van der Waals surface area contributed by atoms with E-state index in [2.05, 4.69) is 21.2 Å². The zero-order chi connectivity index (χ0) is 13.9. The van der Waals surface area contributed by atoms with Gasteiger partial charge in [-0.25, -0.2) is 9.18 Å². The Morgan fingerprint density at radius 1 is 1.44 bits per heavy atom. The summed E-state index contributed by atoms with van der Waals surface area (Å²) in [4.78, 5) is 11.6. The summed E-state index contributed by atoms with van der Waals surface area (Å²) in [6.45, 7) is 7.17. The summed E-state index contributed by atoms with van der Waals surface area (Å²) >= 11 is 3.18. The first kappa shape index (κ1) is 15.0. The van der Waals surface area contributed by atoms with Gasteiger partial charge < -0.3 is 10.1 Å². The first-order chi connectivity index (χ1) is 8.19. The molecule has 0 bridgehead atoms. The van der Waals surface area contributed by atoms with Crippen LogP contribution in [0.1, 0.15) is 39.4 Å². The Kier molecular flexibility index (Phi) is 4.73. The van der Waals surface area contributed by atoms with Gasteiger partial charge in [0.2, 0.25) is 0 Å². The molecule has 0 radical (unpaired) electrons. The summed E-state index contributed by atoms with van der Waals surface area (Å²) in [6.07, 6.45) is -1.20. The van der Waals surface area contributed by atoms with Crippen LogP contribution in [0.25, 0.3) is 0 Å². The average Bonchev–Trinajstić information content (AvgIpc) is 2.13. The molecule has 0 aromatic heterocycles. The highest BCUT2D eigenvalue weighted by Gasteiger charge is 2.19. The third kappa shape index (κ3) is 4.64. The van der Waals surface area contributed by atoms with E-state index in [0.29, 0.717) is 10.0 Å². The van der Waals surface area contributed by atoms with Crippen LogP contribution < -0.4 is 5.32 Å². The summed E-state index contributed by atoms with van der Waals surface area (Å²) < 4.78 is 19.4. The van der Waals surface area contributed by atoms with Crippen molar-refractivity contribution < 1.29 is 13.9 Å². The molecule has 1 aromatic rings. The van der Waals surface area contributed by atoms with Crippen molar-refractivity contribution in [1.29, 1.82) is 0 Å². The molecule has 1 N–H and O–H groups in total. The van der Waals surface area contributed by atoms with Gasteiger partial charge in [-0.15, -0.1) is 0 Å². The van der Waals surface area contributed by atoms with Crippen LogP contribution in [0.5, 0.6) is 0 Å². The smallest absolute Gasteiger partial charge is 0.408 e. The largest absolute Gasteiger partial charge is 0.442 e. The summed E-state index contributed by atoms with van der Waals surface area (Å²) in [7, 11) is 0. The zero-order valence-electron chi connectivity index (χ0n) is 10.9. The van der Waals surface area contributed by atoms with Gasteiger partial charge in [-0.1, -0.05) is 22.0 Å². The Bertz CT molecular complexity index is 443. The van der Waals surface area contributed by atoms with Gasteiger partial charge in [-0.2, -0.15) is 0 Å². The molecule has 1 atom stereocenters. The van der Waals surface area contributed by atoms with Crippen molar-refractivity contribution in [3.05, 3.63) is 34.1 Å². The quantitative estimate of drug-likeness (QED) is 0.888. The second kappa shape index (κ2) is 5.69. The van der Waals surface area contributed by atoms with E-state index in [4.69, 9.17) is 4.74 Å². The van der Waals surface area contributed by atoms with Crippen molar-refractivity contribution in [2.75, 3.05) is 0 Å². The molecule has 0 aliphatic heterocycles. The van der Waals surface area contributed by atoms with Gasteiger partial charge in [0.15, 0.2) is 0 Å². The van der Waals surface area contributed by atoms with E-state index in [1.54, 1.807) is 19.1 Å². The molecule has 1 amide bonds. The number of carbonyl (C=O) groups excluding carboxylic acids is 1. The topological polar surface area (TPSA) is 38.3 Å². The van der Waals surface area contributed by atoms with Crippen LogP contribution in [-0.2, 0) is 4.74 Å². The van der Waals surface area contributed by atoms with Crippen LogP contribution in [-0.4, -0.2) is 11.6 Å². The molecule has 0 saturated carbocycles. The van der Waals surface area contributed by atoms with Crippen molar-refractivity contribution in [2.24, 2.45) is 0 Å². The van der Waals surface area contributed by atoms with E-state index in [0.717, 1.165) is 0 Å². The van der Waals surface area contributed by atoms with E-state index < -0.39 is 18.0 Å². The summed E-state index contributed by atoms with van der Waals surface area (Å²) in [5.74, 6) is -0.402. The molecule has 18 heavy (non-hydrogen) atoms. The molecule has 0 fully saturated rings. The number of amides is 1. The monoisotopic (exact) mass is 317 g/mol. The molecule has 3 nitrogen and oxygen atoms in total. The molecule has 0 aliphatic carbocycles. The molecule has 1 aromatic carbocycles. The average molecular weight is 318 g/mol. The Hall–Kier alpha value is -1.10. The maximum Gasteiger partial charge on any atom is 0.408 e. The number of benzene rings is 1. The maximum absolute atomic E-state index is 13.6. The van der Waals surface area contributed by atoms with E-state index >= 15 is 0 Å². The Labute approximate surface area is 115 Å². The standard InChI is InChI=1S/C13H17BrFNO2/c1-8(18-12(17)16-13(2,3)4)10-6-5-9(14)7-11(10)15/h5-8H,1-4H3,(H,16,17)/t8-/m0/s1. The molecule has 0 heterocycles. The lowest BCUT2D eigenvalue weighted by Gasteiger charge is -2.22. The number of carbonyl (C=O) groups is 1. The van der Waals surface area contributed by atoms with Crippen molar-refractivity contribution in [3.8, 4) is 0 Å². The molecule has 1 rings (SSSR count). The molecule has 5 heteroatoms. The zero-order valence-corrected chi connectivity index (χ0v) is 12.5. The highest BCUT2D eigenvalue weighted by atomic mass is 79.9. The van der Waals surface area contributed by atoms with Gasteiger partial charge in [0.1, 0.15) is 11.9 Å². The lowest BCUT2D eigenvalue weighted by molar-refractivity contribution is 0.0983. The molecule has 0 saturated heterocycles. The van der Waals surface area contributed by atoms with E-state index in [1.807, 2.05) is 20.8 Å². The highest BCUT2D eigenvalue weighted by Crippen LogP contribution is 2.23. The number of ether oxygens (including phenoxy) is 1. The minimum Gasteiger partial charge on any atom is -0.442 e. The summed E-state index contributed by atoms with van der Waals surface area (Å²) in [5, 5.41) is 2.66. The van der Waals surface area contributed by atoms with E-state index in [1.165, 1.54) is 6.07 Å². The van der Waals surface area contributed by atoms with Crippen LogP contribution in [0, 0.1) is 5.82 Å². The van der Waals surface area contributed by atoms with Crippen LogP contribution >= 0.6 is 15.9 Å². The summed E-state index contributed by atoms with van der Waals surface area (Å²) in [5.41, 5.74) is -0.0306. The third-order valence-corrected chi connectivity index (χ3v) is 2.65. The number of hydrogen-bond donors (Lipinski definition) is 1. The van der Waals surface area contributed by atoms with Crippen LogP contribution in [0.15, 0.2) is 22.7 Å². The predicted octanol–water partition coefficient (Wildman–Crippen LogP) is 4.17. The Morgan fingerprint density at radius 2 is 2.06 bits per heavy atom. The highest BCUT2D eigenvalue weighted by molar-refractivity contribution is 9.10. The Balaban J connectivity index is 2.71. The molecule has 0 unspecified atom stereocenters. The number of hydrogen-bond acceptors (Lipinski definition) is 2. The van der Waals surface area contributed by atoms with Crippen molar-refractivity contribution in [3.63, 3.8) is 0 Å². The minimum absolute atomic E-state index is 0.349. The molecule has 0 aliphatic rings. The normalized spacial score (nSPS) is 13.0. The number of nitrogens with one attached hydrogen (secondary N) is 1. The van der Waals surface area contributed by atoms with Crippen LogP contribution in [0.4, 0.5) is 9.18 Å². The maximum atomic E-state index is 13.6. The minimum atomic E-state index is -0.638. The number of rotatable bonds is 2. The molecule has 100 valence electrons. The van der Waals surface area contributed by atoms with Gasteiger partial charge in [0.25, 0.3) is 0 Å². The number of alkyl carbamates (subject to hydrolysis) is 1. The van der Waals surface area contributed by atoms with Crippen LogP contribution in [0.2, 0.25) is 0 Å². The van der Waals surface area contributed by atoms with Crippen molar-refractivity contribution in [2.45, 2.75) is 39.3 Å². The van der Waals surface area contributed by atoms with Gasteiger partial charge in [-0.05, 0) is 39.8 Å². The van der Waals surface area contributed by atoms with Crippen molar-refractivity contribution >= 4 is 22.0 Å². The molecular formula is C13H17BrFNO2. The van der Waals surface area contributed by atoms with Gasteiger partial charge in [-0.3, -0.25) is 0 Å². The lowest BCUT2D eigenvalue weighted by atomic mass is 10.1. The third-order valence-electron chi connectivity index (χ3n) is 2.16. The first-order valence-corrected chi connectivity index (χ1v) is 6.42. The fraction of sp³-hybridized carbons (Fsp3) is 0.462. The second-order valence-electron chi connectivity index (χ2n) is 5.09. The molecular weight excluding hydrogens is 301 g/mol. The van der Waals surface area contributed by atoms with Crippen LogP contribution in [0.3, 0.4) is 0 Å².